The zero-order chi connectivity index (χ0) is 56.1. The lowest BCUT2D eigenvalue weighted by Gasteiger charge is -2.75. The van der Waals surface area contributed by atoms with E-state index in [1.165, 1.54) is 6.92 Å². The quantitative estimate of drug-likeness (QED) is 0.108. The molecule has 1 spiro atoms. The maximum Gasteiger partial charge on any atom is 0.335 e. The summed E-state index contributed by atoms with van der Waals surface area (Å²) < 4.78 is 56.4. The number of carbonyl (C=O) groups is 1. The lowest BCUT2D eigenvalue weighted by Crippen LogP contribution is -2.74. The van der Waals surface area contributed by atoms with Crippen LogP contribution in [0.15, 0.2) is 0 Å². The highest BCUT2D eigenvalue weighted by Crippen LogP contribution is 2.80. The van der Waals surface area contributed by atoms with E-state index in [-0.39, 0.29) is 50.4 Å². The fourth-order valence-corrected chi connectivity index (χ4v) is 17.9. The van der Waals surface area contributed by atoms with Crippen LogP contribution in [0.25, 0.3) is 0 Å². The number of aliphatic hydroxyl groups excluding tert-OH is 12. The van der Waals surface area contributed by atoms with Crippen molar-refractivity contribution in [2.45, 2.75) is 260 Å². The lowest BCUT2D eigenvalue weighted by atomic mass is 9.30. The van der Waals surface area contributed by atoms with Gasteiger partial charge in [-0.3, -0.25) is 0 Å². The Morgan fingerprint density at radius 3 is 1.75 bits per heavy atom. The average Bonchev–Trinajstić information content (AvgIpc) is 3.94. The summed E-state index contributed by atoms with van der Waals surface area (Å²) in [5, 5.41) is 143. The van der Waals surface area contributed by atoms with E-state index in [1.807, 2.05) is 0 Å². The molecule has 10 rings (SSSR count). The average molecular weight is 1110 g/mol. The van der Waals surface area contributed by atoms with Crippen LogP contribution in [0.4, 0.5) is 0 Å². The van der Waals surface area contributed by atoms with Gasteiger partial charge in [-0.15, -0.1) is 0 Å². The van der Waals surface area contributed by atoms with Crippen molar-refractivity contribution < 1.29 is 114 Å². The molecular formula is C54H88O23. The summed E-state index contributed by atoms with van der Waals surface area (Å²) in [6, 6.07) is 0. The van der Waals surface area contributed by atoms with Crippen molar-refractivity contribution in [3.63, 3.8) is 0 Å². The van der Waals surface area contributed by atoms with Crippen LogP contribution in [0.3, 0.4) is 0 Å². The third-order valence-electron chi connectivity index (χ3n) is 22.5. The van der Waals surface area contributed by atoms with Gasteiger partial charge in [0, 0.05) is 10.8 Å². The van der Waals surface area contributed by atoms with Gasteiger partial charge < -0.3 is 109 Å². The topological polar surface area (TPSA) is 363 Å². The standard InChI is InChI=1S/C54H88O23/c1-22-30(58)33(61)36(64)44(70-22)76-41-35(63)32(60)24(20-56)72-46(41)74-39-38(66)40(43(67)68)75-47(42(39)77-45-37(65)34(62)31(59)23(19-55)71-45)73-29-11-12-50(6)25(49(29,4)5)9-13-51(7)26(50)10-14-54-27-17-48(2,3)15-16-53(27,21-69-54)28(57)18-52(51,54)8/h22-42,44-47,55-66H,9-21H2,1-8H3,(H,67,68)/t22-,23-,24+,25-,26+,27+,28+,29-,30-,31+,32-,33+,34-,35-,36+,37-,38-,39-,40-,41+,42+,44-,45-,46-,47+,50-,51+,52-,53+,54-/m0/s1. The van der Waals surface area contributed by atoms with Crippen LogP contribution >= 0.6 is 0 Å². The third-order valence-corrected chi connectivity index (χ3v) is 22.5. The number of rotatable bonds is 11. The van der Waals surface area contributed by atoms with Gasteiger partial charge in [-0.2, -0.15) is 0 Å². The van der Waals surface area contributed by atoms with Crippen LogP contribution in [0.1, 0.15) is 120 Å². The number of fused-ring (bicyclic) bond motifs is 4. The van der Waals surface area contributed by atoms with E-state index >= 15 is 0 Å². The Morgan fingerprint density at radius 2 is 1.10 bits per heavy atom. The Labute approximate surface area is 449 Å². The van der Waals surface area contributed by atoms with Crippen molar-refractivity contribution >= 4 is 5.97 Å². The maximum absolute atomic E-state index is 13.2. The first-order chi connectivity index (χ1) is 36.0. The molecule has 5 aliphatic carbocycles. The number of aliphatic hydroxyl groups is 12. The Balaban J connectivity index is 0.969. The van der Waals surface area contributed by atoms with Gasteiger partial charge in [0.25, 0.3) is 0 Å². The number of hydrogen-bond donors (Lipinski definition) is 13. The minimum Gasteiger partial charge on any atom is -0.479 e. The molecule has 77 heavy (non-hydrogen) atoms. The maximum atomic E-state index is 13.2. The smallest absolute Gasteiger partial charge is 0.335 e. The van der Waals surface area contributed by atoms with Crippen LogP contribution in [-0.2, 0) is 47.4 Å². The minimum absolute atomic E-state index is 0.0214. The lowest BCUT2D eigenvalue weighted by molar-refractivity contribution is -0.406. The molecule has 442 valence electrons. The van der Waals surface area contributed by atoms with E-state index in [0.717, 1.165) is 44.9 Å². The molecule has 10 aliphatic rings. The largest absolute Gasteiger partial charge is 0.479 e. The highest BCUT2D eigenvalue weighted by atomic mass is 16.8. The van der Waals surface area contributed by atoms with Gasteiger partial charge in [-0.25, -0.2) is 4.79 Å². The monoisotopic (exact) mass is 1100 g/mol. The zero-order valence-electron chi connectivity index (χ0n) is 45.5. The van der Waals surface area contributed by atoms with E-state index in [4.69, 9.17) is 42.6 Å². The number of hydrogen-bond acceptors (Lipinski definition) is 22. The van der Waals surface area contributed by atoms with Gasteiger partial charge in [-0.05, 0) is 111 Å². The Morgan fingerprint density at radius 1 is 0.532 bits per heavy atom. The van der Waals surface area contributed by atoms with Gasteiger partial charge >= 0.3 is 5.97 Å². The van der Waals surface area contributed by atoms with Crippen LogP contribution in [0.5, 0.6) is 0 Å². The normalized spacial score (nSPS) is 57.0. The number of aliphatic carboxylic acids is 1. The molecule has 5 saturated heterocycles. The zero-order valence-corrected chi connectivity index (χ0v) is 45.5. The van der Waals surface area contributed by atoms with Gasteiger partial charge in [0.1, 0.15) is 85.5 Å². The van der Waals surface area contributed by atoms with Gasteiger partial charge in [0.2, 0.25) is 0 Å². The molecule has 30 atom stereocenters. The summed E-state index contributed by atoms with van der Waals surface area (Å²) in [4.78, 5) is 13.2. The Bertz CT molecular complexity index is 2140. The van der Waals surface area contributed by atoms with Crippen LogP contribution < -0.4 is 0 Å². The molecule has 0 amide bonds. The molecule has 5 heterocycles. The Kier molecular flexibility index (Phi) is 15.6. The molecule has 0 radical (unpaired) electrons. The molecule has 5 aliphatic heterocycles. The number of ether oxygens (including phenoxy) is 9. The summed E-state index contributed by atoms with van der Waals surface area (Å²) >= 11 is 0. The molecule has 2 bridgehead atoms. The van der Waals surface area contributed by atoms with Crippen molar-refractivity contribution in [1.29, 1.82) is 0 Å². The summed E-state index contributed by atoms with van der Waals surface area (Å²) in [6.45, 7) is 16.3. The summed E-state index contributed by atoms with van der Waals surface area (Å²) in [5.74, 6) is -1.19. The van der Waals surface area contributed by atoms with E-state index in [1.54, 1.807) is 0 Å². The molecule has 0 aromatic heterocycles. The van der Waals surface area contributed by atoms with Crippen molar-refractivity contribution in [2.75, 3.05) is 19.8 Å². The van der Waals surface area contributed by atoms with Crippen LogP contribution in [0, 0.1) is 50.2 Å². The summed E-state index contributed by atoms with van der Waals surface area (Å²) in [7, 11) is 0. The second kappa shape index (κ2) is 20.5. The van der Waals surface area contributed by atoms with Crippen molar-refractivity contribution in [1.82, 2.24) is 0 Å². The molecule has 10 fully saturated rings. The van der Waals surface area contributed by atoms with Crippen molar-refractivity contribution in [3.05, 3.63) is 0 Å². The van der Waals surface area contributed by atoms with Gasteiger partial charge in [-0.1, -0.05) is 48.5 Å². The van der Waals surface area contributed by atoms with Gasteiger partial charge in [0.05, 0.1) is 43.7 Å². The first-order valence-corrected chi connectivity index (χ1v) is 28.1. The second-order valence-corrected chi connectivity index (χ2v) is 27.1. The number of carboxylic acid groups (broad SMARTS) is 1. The predicted molar refractivity (Wildman–Crippen MR) is 261 cm³/mol. The summed E-state index contributed by atoms with van der Waals surface area (Å²) in [5.41, 5.74) is -1.95. The van der Waals surface area contributed by atoms with E-state index < -0.39 is 160 Å². The first-order valence-electron chi connectivity index (χ1n) is 28.1. The van der Waals surface area contributed by atoms with Gasteiger partial charge in [0.15, 0.2) is 31.3 Å². The van der Waals surface area contributed by atoms with Crippen molar-refractivity contribution in [2.24, 2.45) is 50.2 Å². The van der Waals surface area contributed by atoms with Crippen molar-refractivity contribution in [3.8, 4) is 0 Å². The molecule has 0 aromatic rings. The molecular weight excluding hydrogens is 1020 g/mol. The fraction of sp³-hybridized carbons (Fsp3) is 0.981. The van der Waals surface area contributed by atoms with E-state index in [0.29, 0.717) is 25.9 Å². The molecule has 0 aromatic carbocycles. The van der Waals surface area contributed by atoms with E-state index in [2.05, 4.69) is 48.5 Å². The fourth-order valence-electron chi connectivity index (χ4n) is 17.9. The number of carboxylic acids is 1. The third kappa shape index (κ3) is 8.87. The molecule has 0 unspecified atom stereocenters. The molecule has 23 heteroatoms. The first kappa shape index (κ1) is 58.8. The highest BCUT2D eigenvalue weighted by molar-refractivity contribution is 5.73. The van der Waals surface area contributed by atoms with Crippen LogP contribution in [-0.4, -0.2) is 233 Å². The second-order valence-electron chi connectivity index (χ2n) is 27.1. The predicted octanol–water partition coefficient (Wildman–Crippen LogP) is -1.23. The SMILES string of the molecule is C[C@@H]1O[C@@H](O[C@H]2[C@H](O[C@H]3[C@H](O)[C@@H](C(=O)O)O[C@@H](O[C@H]4CC[C@]5(C)[C@H]6CC[C@]78OC[C@@]9(CCC(C)(C)C[C@H]97)[C@H](O)C[C@@]8(C)[C@]6(C)CC[C@H]5C4(C)C)[C@@H]3O[C@@H]3O[C@@H](CO)[C@@H](O)[C@H](O)[C@@H]3O)O[C@H](CO)[C@H](O)[C@@H]2O)[C@H](O)[C@H](O)[C@H]1O. The van der Waals surface area contributed by atoms with E-state index in [9.17, 15) is 71.2 Å². The van der Waals surface area contributed by atoms with Crippen LogP contribution in [0.2, 0.25) is 0 Å². The molecule has 5 saturated carbocycles. The highest BCUT2D eigenvalue weighted by Gasteiger charge is 2.80. The summed E-state index contributed by atoms with van der Waals surface area (Å²) in [6.07, 6.45) is -30.0. The Hall–Kier alpha value is -1.37. The molecule has 23 nitrogen and oxygen atoms in total. The molecule has 13 N–H and O–H groups in total. The minimum atomic E-state index is -2.22.